The second kappa shape index (κ2) is 8.06. The van der Waals surface area contributed by atoms with Crippen LogP contribution in [0.15, 0.2) is 54.6 Å². The summed E-state index contributed by atoms with van der Waals surface area (Å²) in [5, 5.41) is 5.26. The van der Waals surface area contributed by atoms with E-state index in [1.54, 1.807) is 41.3 Å². The maximum Gasteiger partial charge on any atom is 0.413 e. The molecule has 3 amide bonds. The highest BCUT2D eigenvalue weighted by Gasteiger charge is 2.43. The molecule has 2 N–H and O–H groups in total. The van der Waals surface area contributed by atoms with E-state index >= 15 is 0 Å². The molecule has 7 nitrogen and oxygen atoms in total. The lowest BCUT2D eigenvalue weighted by molar-refractivity contribution is -0.127. The number of para-hydroxylation sites is 3. The highest BCUT2D eigenvalue weighted by molar-refractivity contribution is 6.20. The van der Waals surface area contributed by atoms with Crippen molar-refractivity contribution in [2.75, 3.05) is 16.8 Å². The Hall–Kier alpha value is -3.35. The molecule has 0 spiro atoms. The molecule has 2 aromatic rings. The average Bonchev–Trinajstić information content (AvgIpc) is 3.38. The van der Waals surface area contributed by atoms with Gasteiger partial charge in [0.2, 0.25) is 0 Å². The molecular weight excluding hydrogens is 394 g/mol. The van der Waals surface area contributed by atoms with Gasteiger partial charge in [0.05, 0.1) is 11.4 Å². The first-order valence-electron chi connectivity index (χ1n) is 10.8. The molecule has 2 bridgehead atoms. The molecule has 2 aliphatic carbocycles. The standard InChI is InChI=1S/C24H25N3O4/c28-22-21(26-24(30)31-18-6-2-1-3-7-18)23(29)27(20-9-5-4-8-19(20)25-22)14-17-13-15-10-11-16(17)12-15/h1-9,15-17,21H,10-14H2,(H,25,28)(H,26,30). The number of carbonyl (C=O) groups excluding carboxylic acids is 3. The van der Waals surface area contributed by atoms with Gasteiger partial charge in [-0.2, -0.15) is 0 Å². The lowest BCUT2D eigenvalue weighted by atomic mass is 9.88. The Balaban J connectivity index is 1.38. The second-order valence-corrected chi connectivity index (χ2v) is 8.67. The molecule has 0 radical (unpaired) electrons. The van der Waals surface area contributed by atoms with Crippen molar-refractivity contribution in [3.8, 4) is 5.75 Å². The monoisotopic (exact) mass is 419 g/mol. The summed E-state index contributed by atoms with van der Waals surface area (Å²) in [7, 11) is 0. The Labute approximate surface area is 180 Å². The maximum absolute atomic E-state index is 13.5. The number of ether oxygens (including phenoxy) is 1. The van der Waals surface area contributed by atoms with Gasteiger partial charge in [0.1, 0.15) is 5.75 Å². The van der Waals surface area contributed by atoms with E-state index in [4.69, 9.17) is 4.74 Å². The summed E-state index contributed by atoms with van der Waals surface area (Å²) >= 11 is 0. The SMILES string of the molecule is O=C(NC1C(=O)Nc2ccccc2N(CC2CC3CCC2C3)C1=O)Oc1ccccc1. The lowest BCUT2D eigenvalue weighted by Gasteiger charge is -2.31. The van der Waals surface area contributed by atoms with Crippen molar-refractivity contribution in [2.45, 2.75) is 31.7 Å². The van der Waals surface area contributed by atoms with Crippen LogP contribution in [0.3, 0.4) is 0 Å². The van der Waals surface area contributed by atoms with Crippen molar-refractivity contribution in [1.82, 2.24) is 5.32 Å². The number of benzene rings is 2. The van der Waals surface area contributed by atoms with Crippen LogP contribution in [0.1, 0.15) is 25.7 Å². The lowest BCUT2D eigenvalue weighted by Crippen LogP contribution is -2.54. The molecule has 2 aromatic carbocycles. The zero-order chi connectivity index (χ0) is 21.4. The van der Waals surface area contributed by atoms with Crippen LogP contribution in [-0.2, 0) is 9.59 Å². The Kier molecular flexibility index (Phi) is 5.10. The van der Waals surface area contributed by atoms with E-state index in [2.05, 4.69) is 10.6 Å². The minimum atomic E-state index is -1.36. The highest BCUT2D eigenvalue weighted by Crippen LogP contribution is 2.49. The molecule has 1 aliphatic heterocycles. The number of rotatable bonds is 4. The van der Waals surface area contributed by atoms with E-state index in [9.17, 15) is 14.4 Å². The summed E-state index contributed by atoms with van der Waals surface area (Å²) < 4.78 is 5.24. The summed E-state index contributed by atoms with van der Waals surface area (Å²) in [4.78, 5) is 40.5. The summed E-state index contributed by atoms with van der Waals surface area (Å²) in [6.07, 6.45) is 4.00. The van der Waals surface area contributed by atoms with Crippen molar-refractivity contribution in [1.29, 1.82) is 0 Å². The van der Waals surface area contributed by atoms with Gasteiger partial charge in [0, 0.05) is 6.54 Å². The second-order valence-electron chi connectivity index (χ2n) is 8.67. The van der Waals surface area contributed by atoms with Crippen LogP contribution in [0.25, 0.3) is 0 Å². The van der Waals surface area contributed by atoms with Crippen LogP contribution in [0.4, 0.5) is 16.2 Å². The predicted octanol–water partition coefficient (Wildman–Crippen LogP) is 3.57. The molecule has 0 saturated heterocycles. The van der Waals surface area contributed by atoms with Crippen molar-refractivity contribution < 1.29 is 19.1 Å². The zero-order valence-electron chi connectivity index (χ0n) is 17.1. The number of hydrogen-bond donors (Lipinski definition) is 2. The molecule has 5 rings (SSSR count). The first-order chi connectivity index (χ1) is 15.1. The van der Waals surface area contributed by atoms with Gasteiger partial charge in [0.15, 0.2) is 6.04 Å². The smallest absolute Gasteiger partial charge is 0.410 e. The van der Waals surface area contributed by atoms with Crippen LogP contribution in [0.5, 0.6) is 5.75 Å². The molecular formula is C24H25N3O4. The first kappa shape index (κ1) is 19.6. The Morgan fingerprint density at radius 2 is 1.81 bits per heavy atom. The largest absolute Gasteiger partial charge is 0.413 e. The fourth-order valence-electron chi connectivity index (χ4n) is 5.30. The van der Waals surface area contributed by atoms with Gasteiger partial charge in [-0.05, 0) is 61.3 Å². The highest BCUT2D eigenvalue weighted by atomic mass is 16.6. The topological polar surface area (TPSA) is 87.7 Å². The summed E-state index contributed by atoms with van der Waals surface area (Å²) in [5.41, 5.74) is 1.24. The van der Waals surface area contributed by atoms with Crippen molar-refractivity contribution >= 4 is 29.3 Å². The Morgan fingerprint density at radius 1 is 1.03 bits per heavy atom. The predicted molar refractivity (Wildman–Crippen MR) is 116 cm³/mol. The third-order valence-electron chi connectivity index (χ3n) is 6.75. The van der Waals surface area contributed by atoms with Crippen LogP contribution in [0, 0.1) is 17.8 Å². The molecule has 2 saturated carbocycles. The van der Waals surface area contributed by atoms with Crippen LogP contribution in [0.2, 0.25) is 0 Å². The molecule has 4 unspecified atom stereocenters. The number of amides is 3. The third-order valence-corrected chi connectivity index (χ3v) is 6.75. The Morgan fingerprint density at radius 3 is 2.55 bits per heavy atom. The van der Waals surface area contributed by atoms with Gasteiger partial charge in [0.25, 0.3) is 11.8 Å². The fourth-order valence-corrected chi connectivity index (χ4v) is 5.30. The molecule has 160 valence electrons. The van der Waals surface area contributed by atoms with Crippen molar-refractivity contribution in [2.24, 2.45) is 17.8 Å². The molecule has 0 aromatic heterocycles. The van der Waals surface area contributed by atoms with Gasteiger partial charge in [-0.3, -0.25) is 9.59 Å². The number of carbonyl (C=O) groups is 3. The van der Waals surface area contributed by atoms with Crippen LogP contribution >= 0.6 is 0 Å². The minimum absolute atomic E-state index is 0.337. The summed E-state index contributed by atoms with van der Waals surface area (Å²) in [5.74, 6) is 1.13. The molecule has 4 atom stereocenters. The molecule has 1 heterocycles. The van der Waals surface area contributed by atoms with Crippen LogP contribution in [-0.4, -0.2) is 30.5 Å². The van der Waals surface area contributed by atoms with E-state index in [0.717, 1.165) is 12.3 Å². The van der Waals surface area contributed by atoms with Gasteiger partial charge in [-0.15, -0.1) is 0 Å². The number of hydrogen-bond acceptors (Lipinski definition) is 4. The molecule has 2 fully saturated rings. The maximum atomic E-state index is 13.5. The zero-order valence-corrected chi connectivity index (χ0v) is 17.1. The van der Waals surface area contributed by atoms with Gasteiger partial charge >= 0.3 is 6.09 Å². The van der Waals surface area contributed by atoms with E-state index < -0.39 is 23.9 Å². The molecule has 31 heavy (non-hydrogen) atoms. The van der Waals surface area contributed by atoms with Gasteiger partial charge in [-0.25, -0.2) is 4.79 Å². The van der Waals surface area contributed by atoms with E-state index in [-0.39, 0.29) is 0 Å². The number of nitrogens with zero attached hydrogens (tertiary/aromatic N) is 1. The average molecular weight is 419 g/mol. The summed E-state index contributed by atoms with van der Waals surface area (Å²) in [6, 6.07) is 14.5. The third kappa shape index (κ3) is 3.87. The fraction of sp³-hybridized carbons (Fsp3) is 0.375. The number of nitrogens with one attached hydrogen (secondary N) is 2. The van der Waals surface area contributed by atoms with E-state index in [0.29, 0.717) is 35.5 Å². The molecule has 3 aliphatic rings. The van der Waals surface area contributed by atoms with E-state index in [1.807, 2.05) is 18.2 Å². The normalized spacial score (nSPS) is 26.8. The minimum Gasteiger partial charge on any atom is -0.410 e. The van der Waals surface area contributed by atoms with Crippen LogP contribution < -0.4 is 20.3 Å². The van der Waals surface area contributed by atoms with Crippen molar-refractivity contribution in [3.63, 3.8) is 0 Å². The number of anilines is 2. The number of fused-ring (bicyclic) bond motifs is 3. The molecule has 7 heteroatoms. The summed E-state index contributed by atoms with van der Waals surface area (Å²) in [6.45, 7) is 0.553. The first-order valence-corrected chi connectivity index (χ1v) is 10.8. The quantitative estimate of drug-likeness (QED) is 0.742. The van der Waals surface area contributed by atoms with Gasteiger partial charge in [-0.1, -0.05) is 36.8 Å². The van der Waals surface area contributed by atoms with Crippen molar-refractivity contribution in [3.05, 3.63) is 54.6 Å². The van der Waals surface area contributed by atoms with Gasteiger partial charge < -0.3 is 20.3 Å². The Bertz CT molecular complexity index is 1010. The van der Waals surface area contributed by atoms with E-state index in [1.165, 1.54) is 19.3 Å².